The van der Waals surface area contributed by atoms with E-state index in [2.05, 4.69) is 11.8 Å². The minimum absolute atomic E-state index is 0.123. The number of nitrogens with zero attached hydrogens (tertiary/aromatic N) is 1. The number of aryl methyl sites for hydroxylation is 1. The molecule has 0 aliphatic carbocycles. The second-order valence-corrected chi connectivity index (χ2v) is 4.65. The van der Waals surface area contributed by atoms with Crippen molar-refractivity contribution in [3.63, 3.8) is 0 Å². The van der Waals surface area contributed by atoms with E-state index >= 15 is 0 Å². The van der Waals surface area contributed by atoms with E-state index in [1.165, 1.54) is 0 Å². The van der Waals surface area contributed by atoms with E-state index in [1.807, 2.05) is 45.3 Å². The summed E-state index contributed by atoms with van der Waals surface area (Å²) in [5.74, 6) is 0.934. The van der Waals surface area contributed by atoms with Crippen LogP contribution in [0.2, 0.25) is 0 Å². The Kier molecular flexibility index (Phi) is 4.33. The smallest absolute Gasteiger partial charge is 0.122 e. The molecule has 0 amide bonds. The predicted molar refractivity (Wildman–Crippen MR) is 67.8 cm³/mol. The zero-order valence-electron chi connectivity index (χ0n) is 10.7. The first-order valence-electron chi connectivity index (χ1n) is 5.55. The van der Waals surface area contributed by atoms with Crippen LogP contribution in [0.25, 0.3) is 0 Å². The van der Waals surface area contributed by atoms with Crippen LogP contribution in [0.15, 0.2) is 24.3 Å². The summed E-state index contributed by atoms with van der Waals surface area (Å²) < 4.78 is 5.83. The van der Waals surface area contributed by atoms with E-state index in [-0.39, 0.29) is 5.54 Å². The highest BCUT2D eigenvalue weighted by Gasteiger charge is 2.26. The number of rotatable bonds is 5. The third-order valence-electron chi connectivity index (χ3n) is 3.15. The molecule has 16 heavy (non-hydrogen) atoms. The molecule has 90 valence electrons. The molecule has 0 heterocycles. The normalized spacial score (nSPS) is 14.9. The van der Waals surface area contributed by atoms with Crippen molar-refractivity contribution in [2.45, 2.75) is 19.4 Å². The van der Waals surface area contributed by atoms with E-state index in [4.69, 9.17) is 10.5 Å². The molecule has 3 nitrogen and oxygen atoms in total. The Morgan fingerprint density at radius 3 is 2.44 bits per heavy atom. The number of nitrogens with two attached hydrogens (primary N) is 1. The van der Waals surface area contributed by atoms with Crippen molar-refractivity contribution in [3.05, 3.63) is 29.8 Å². The summed E-state index contributed by atoms with van der Waals surface area (Å²) >= 11 is 0. The van der Waals surface area contributed by atoms with Crippen molar-refractivity contribution >= 4 is 0 Å². The quantitative estimate of drug-likeness (QED) is 0.823. The van der Waals surface area contributed by atoms with Gasteiger partial charge in [0.25, 0.3) is 0 Å². The van der Waals surface area contributed by atoms with Crippen LogP contribution in [0.4, 0.5) is 0 Å². The van der Waals surface area contributed by atoms with Gasteiger partial charge in [0.1, 0.15) is 12.4 Å². The topological polar surface area (TPSA) is 38.5 Å². The lowest BCUT2D eigenvalue weighted by molar-refractivity contribution is 0.104. The van der Waals surface area contributed by atoms with E-state index in [0.29, 0.717) is 13.2 Å². The lowest BCUT2D eigenvalue weighted by Gasteiger charge is -2.35. The SMILES string of the molecule is Cc1ccccc1OCC(C)(CN)N(C)C. The van der Waals surface area contributed by atoms with Gasteiger partial charge in [-0.2, -0.15) is 0 Å². The van der Waals surface area contributed by atoms with Crippen molar-refractivity contribution in [2.75, 3.05) is 27.2 Å². The first-order valence-corrected chi connectivity index (χ1v) is 5.55. The zero-order chi connectivity index (χ0) is 12.2. The van der Waals surface area contributed by atoms with Crippen LogP contribution in [0.1, 0.15) is 12.5 Å². The Bertz CT molecular complexity index is 338. The van der Waals surface area contributed by atoms with Gasteiger partial charge < -0.3 is 10.5 Å². The summed E-state index contributed by atoms with van der Waals surface area (Å²) in [6.07, 6.45) is 0. The molecule has 1 aromatic carbocycles. The van der Waals surface area contributed by atoms with Crippen molar-refractivity contribution in [3.8, 4) is 5.75 Å². The van der Waals surface area contributed by atoms with Gasteiger partial charge in [0.2, 0.25) is 0 Å². The molecule has 1 aromatic rings. The van der Waals surface area contributed by atoms with Crippen molar-refractivity contribution < 1.29 is 4.74 Å². The van der Waals surface area contributed by atoms with Crippen LogP contribution >= 0.6 is 0 Å². The molecule has 0 spiro atoms. The third-order valence-corrected chi connectivity index (χ3v) is 3.15. The number of likely N-dealkylation sites (N-methyl/N-ethyl adjacent to an activating group) is 1. The van der Waals surface area contributed by atoms with Crippen molar-refractivity contribution in [2.24, 2.45) is 5.73 Å². The molecule has 0 saturated carbocycles. The first kappa shape index (κ1) is 13.0. The van der Waals surface area contributed by atoms with Gasteiger partial charge >= 0.3 is 0 Å². The molecule has 0 aliphatic heterocycles. The first-order chi connectivity index (χ1) is 7.49. The molecule has 0 aromatic heterocycles. The maximum absolute atomic E-state index is 5.83. The fourth-order valence-corrected chi connectivity index (χ4v) is 1.32. The summed E-state index contributed by atoms with van der Waals surface area (Å²) in [6, 6.07) is 8.03. The van der Waals surface area contributed by atoms with Crippen LogP contribution in [0.5, 0.6) is 5.75 Å². The molecular formula is C13H22N2O. The lowest BCUT2D eigenvalue weighted by Crippen LogP contribution is -2.52. The van der Waals surface area contributed by atoms with E-state index < -0.39 is 0 Å². The standard InChI is InChI=1S/C13H22N2O/c1-11-7-5-6-8-12(11)16-10-13(2,9-14)15(3)4/h5-8H,9-10,14H2,1-4H3. The van der Waals surface area contributed by atoms with E-state index in [1.54, 1.807) is 0 Å². The van der Waals surface area contributed by atoms with Gasteiger partial charge in [-0.3, -0.25) is 4.90 Å². The fourth-order valence-electron chi connectivity index (χ4n) is 1.32. The molecule has 1 atom stereocenters. The number of para-hydroxylation sites is 1. The Labute approximate surface area is 98.2 Å². The fraction of sp³-hybridized carbons (Fsp3) is 0.538. The highest BCUT2D eigenvalue weighted by Crippen LogP contribution is 2.19. The second kappa shape index (κ2) is 5.32. The highest BCUT2D eigenvalue weighted by atomic mass is 16.5. The average molecular weight is 222 g/mol. The van der Waals surface area contributed by atoms with Crippen molar-refractivity contribution in [1.29, 1.82) is 0 Å². The van der Waals surface area contributed by atoms with Crippen LogP contribution in [-0.2, 0) is 0 Å². The summed E-state index contributed by atoms with van der Waals surface area (Å²) in [5, 5.41) is 0. The molecule has 0 radical (unpaired) electrons. The zero-order valence-corrected chi connectivity index (χ0v) is 10.7. The van der Waals surface area contributed by atoms with Gasteiger partial charge in [0.15, 0.2) is 0 Å². The molecule has 0 bridgehead atoms. The predicted octanol–water partition coefficient (Wildman–Crippen LogP) is 1.65. The summed E-state index contributed by atoms with van der Waals surface area (Å²) in [6.45, 7) is 5.32. The Morgan fingerprint density at radius 1 is 1.31 bits per heavy atom. The number of hydrogen-bond acceptors (Lipinski definition) is 3. The van der Waals surface area contributed by atoms with Gasteiger partial charge in [-0.1, -0.05) is 18.2 Å². The highest BCUT2D eigenvalue weighted by molar-refractivity contribution is 5.31. The largest absolute Gasteiger partial charge is 0.491 e. The van der Waals surface area contributed by atoms with Crippen LogP contribution in [0.3, 0.4) is 0 Å². The van der Waals surface area contributed by atoms with Gasteiger partial charge in [0.05, 0.1) is 5.54 Å². The maximum atomic E-state index is 5.83. The molecule has 2 N–H and O–H groups in total. The Hall–Kier alpha value is -1.06. The molecule has 1 rings (SSSR count). The van der Waals surface area contributed by atoms with Gasteiger partial charge in [-0.05, 0) is 39.6 Å². The number of benzene rings is 1. The van der Waals surface area contributed by atoms with Gasteiger partial charge in [-0.25, -0.2) is 0 Å². The molecule has 0 fully saturated rings. The van der Waals surface area contributed by atoms with Crippen LogP contribution in [0, 0.1) is 6.92 Å². The summed E-state index contributed by atoms with van der Waals surface area (Å²) in [5.41, 5.74) is 6.82. The minimum atomic E-state index is -0.123. The summed E-state index contributed by atoms with van der Waals surface area (Å²) in [4.78, 5) is 2.10. The second-order valence-electron chi connectivity index (χ2n) is 4.65. The average Bonchev–Trinajstić information content (AvgIpc) is 2.27. The van der Waals surface area contributed by atoms with Gasteiger partial charge in [0, 0.05) is 6.54 Å². The van der Waals surface area contributed by atoms with Crippen LogP contribution in [-0.4, -0.2) is 37.7 Å². The minimum Gasteiger partial charge on any atom is -0.491 e. The van der Waals surface area contributed by atoms with Crippen LogP contribution < -0.4 is 10.5 Å². The van der Waals surface area contributed by atoms with Gasteiger partial charge in [-0.15, -0.1) is 0 Å². The molecule has 0 saturated heterocycles. The van der Waals surface area contributed by atoms with Crippen molar-refractivity contribution in [1.82, 2.24) is 4.90 Å². The maximum Gasteiger partial charge on any atom is 0.122 e. The monoisotopic (exact) mass is 222 g/mol. The summed E-state index contributed by atoms with van der Waals surface area (Å²) in [7, 11) is 4.04. The molecule has 3 heteroatoms. The molecular weight excluding hydrogens is 200 g/mol. The Morgan fingerprint density at radius 2 is 1.94 bits per heavy atom. The lowest BCUT2D eigenvalue weighted by atomic mass is 10.0. The Balaban J connectivity index is 2.67. The number of ether oxygens (including phenoxy) is 1. The molecule has 0 aliphatic rings. The molecule has 1 unspecified atom stereocenters. The number of hydrogen-bond donors (Lipinski definition) is 1. The van der Waals surface area contributed by atoms with E-state index in [0.717, 1.165) is 11.3 Å². The third kappa shape index (κ3) is 2.97. The van der Waals surface area contributed by atoms with E-state index in [9.17, 15) is 0 Å².